The summed E-state index contributed by atoms with van der Waals surface area (Å²) in [5, 5.41) is 3.07. The summed E-state index contributed by atoms with van der Waals surface area (Å²) in [5.41, 5.74) is 5.04. The number of hydrogen-bond acceptors (Lipinski definition) is 4. The Morgan fingerprint density at radius 1 is 0.974 bits per heavy atom. The molecule has 2 atom stereocenters. The van der Waals surface area contributed by atoms with Gasteiger partial charge in [-0.05, 0) is 84.5 Å². The highest BCUT2D eigenvalue weighted by atomic mass is 32.2. The van der Waals surface area contributed by atoms with Gasteiger partial charge in [0.1, 0.15) is 5.75 Å². The molecule has 0 fully saturated rings. The second-order valence-corrected chi connectivity index (χ2v) is 13.2. The van der Waals surface area contributed by atoms with E-state index in [9.17, 15) is 13.2 Å². The van der Waals surface area contributed by atoms with E-state index >= 15 is 0 Å². The molecule has 0 saturated heterocycles. The van der Waals surface area contributed by atoms with Crippen LogP contribution in [0.2, 0.25) is 0 Å². The minimum Gasteiger partial charge on any atom is -0.476 e. The number of nitrogens with one attached hydrogen (secondary N) is 1. The van der Waals surface area contributed by atoms with Gasteiger partial charge in [0.05, 0.1) is 23.2 Å². The first-order valence-corrected chi connectivity index (χ1v) is 14.8. The van der Waals surface area contributed by atoms with Crippen LogP contribution in [0, 0.1) is 0 Å². The fraction of sp³-hybridized carbons (Fsp3) is 0.387. The Morgan fingerprint density at radius 3 is 2.39 bits per heavy atom. The van der Waals surface area contributed by atoms with Crippen molar-refractivity contribution >= 4 is 21.6 Å². The maximum absolute atomic E-state index is 13.8. The predicted octanol–water partition coefficient (Wildman–Crippen LogP) is 5.70. The molecule has 0 unspecified atom stereocenters. The van der Waals surface area contributed by atoms with Crippen molar-refractivity contribution < 1.29 is 17.9 Å². The van der Waals surface area contributed by atoms with Gasteiger partial charge >= 0.3 is 0 Å². The van der Waals surface area contributed by atoms with Crippen molar-refractivity contribution in [2.45, 2.75) is 75.8 Å². The highest BCUT2D eigenvalue weighted by Crippen LogP contribution is 2.40. The number of carbonyl (C=O) groups is 1. The highest BCUT2D eigenvalue weighted by Gasteiger charge is 2.38. The first-order valence-electron chi connectivity index (χ1n) is 13.3. The van der Waals surface area contributed by atoms with E-state index < -0.39 is 16.1 Å². The molecule has 1 aliphatic heterocycles. The van der Waals surface area contributed by atoms with Gasteiger partial charge < -0.3 is 10.1 Å². The lowest BCUT2D eigenvalue weighted by Gasteiger charge is -2.36. The van der Waals surface area contributed by atoms with Gasteiger partial charge in [-0.25, -0.2) is 8.42 Å². The molecule has 6 nitrogen and oxygen atoms in total. The quantitative estimate of drug-likeness (QED) is 0.458. The smallest absolute Gasteiger partial charge is 0.264 e. The number of carbonyl (C=O) groups excluding carboxylic acids is 1. The maximum Gasteiger partial charge on any atom is 0.264 e. The van der Waals surface area contributed by atoms with Crippen LogP contribution < -0.4 is 14.4 Å². The lowest BCUT2D eigenvalue weighted by molar-refractivity contribution is -0.128. The van der Waals surface area contributed by atoms with Crippen LogP contribution in [0.1, 0.15) is 68.8 Å². The number of ether oxygens (including phenoxy) is 1. The number of benzene rings is 3. The number of sulfonamides is 1. The van der Waals surface area contributed by atoms with Crippen molar-refractivity contribution in [2.24, 2.45) is 0 Å². The molecule has 1 amide bonds. The zero-order valence-electron chi connectivity index (χ0n) is 22.5. The average molecular weight is 533 g/mol. The van der Waals surface area contributed by atoms with Crippen LogP contribution >= 0.6 is 0 Å². The number of fused-ring (bicyclic) bond motifs is 2. The van der Waals surface area contributed by atoms with Crippen molar-refractivity contribution in [1.29, 1.82) is 0 Å². The van der Waals surface area contributed by atoms with Crippen LogP contribution in [0.5, 0.6) is 5.75 Å². The third-order valence-electron chi connectivity index (χ3n) is 7.55. The first-order chi connectivity index (χ1) is 18.0. The Labute approximate surface area is 226 Å². The van der Waals surface area contributed by atoms with Gasteiger partial charge in [0, 0.05) is 0 Å². The summed E-state index contributed by atoms with van der Waals surface area (Å²) in [4.78, 5) is 13.6. The van der Waals surface area contributed by atoms with E-state index in [1.807, 2.05) is 19.1 Å². The Morgan fingerprint density at radius 2 is 1.68 bits per heavy atom. The van der Waals surface area contributed by atoms with Crippen LogP contribution in [0.4, 0.5) is 5.69 Å². The minimum atomic E-state index is -3.92. The highest BCUT2D eigenvalue weighted by molar-refractivity contribution is 7.92. The molecule has 2 aliphatic rings. The van der Waals surface area contributed by atoms with Crippen LogP contribution in [-0.4, -0.2) is 27.0 Å². The summed E-state index contributed by atoms with van der Waals surface area (Å²) < 4.78 is 35.1. The zero-order valence-corrected chi connectivity index (χ0v) is 23.3. The Kier molecular flexibility index (Phi) is 6.99. The number of hydrogen-bond donors (Lipinski definition) is 1. The standard InChI is InChI=1S/C31H36N2O4S/c1-21(23-15-14-22-10-8-9-11-24(22)18-23)32-30(34)29-20-33(38(35,36)26-12-6-5-7-13-26)27-19-25(31(2,3)4)16-17-28(27)37-29/h5-7,12-19,21,29H,8-11,20H2,1-4H3,(H,32,34)/t21-,29+/m0/s1. The number of nitrogens with zero attached hydrogens (tertiary/aromatic N) is 1. The average Bonchev–Trinajstić information content (AvgIpc) is 2.91. The van der Waals surface area contributed by atoms with E-state index in [1.54, 1.807) is 36.4 Å². The molecule has 0 bridgehead atoms. The van der Waals surface area contributed by atoms with E-state index in [-0.39, 0.29) is 28.8 Å². The van der Waals surface area contributed by atoms with Crippen LogP contribution in [0.15, 0.2) is 71.6 Å². The number of amides is 1. The SMILES string of the molecule is C[C@H](NC(=O)[C@H]1CN(S(=O)(=O)c2ccccc2)c2cc(C(C)(C)C)ccc2O1)c1ccc2c(c1)CCCC2. The molecule has 3 aromatic carbocycles. The van der Waals surface area contributed by atoms with Crippen molar-refractivity contribution in [3.63, 3.8) is 0 Å². The zero-order chi connectivity index (χ0) is 27.1. The molecule has 0 aromatic heterocycles. The normalized spacial score (nSPS) is 18.1. The van der Waals surface area contributed by atoms with Gasteiger partial charge in [-0.3, -0.25) is 9.10 Å². The summed E-state index contributed by atoms with van der Waals surface area (Å²) in [6.45, 7) is 8.07. The number of aryl methyl sites for hydroxylation is 2. The number of rotatable bonds is 5. The summed E-state index contributed by atoms with van der Waals surface area (Å²) >= 11 is 0. The Bertz CT molecular complexity index is 1440. The second kappa shape index (κ2) is 10.1. The Hall–Kier alpha value is -3.32. The fourth-order valence-corrected chi connectivity index (χ4v) is 6.70. The Balaban J connectivity index is 1.44. The molecule has 0 saturated carbocycles. The second-order valence-electron chi connectivity index (χ2n) is 11.4. The molecular weight excluding hydrogens is 496 g/mol. The molecule has 1 heterocycles. The third kappa shape index (κ3) is 5.17. The maximum atomic E-state index is 13.8. The van der Waals surface area contributed by atoms with Gasteiger partial charge in [-0.2, -0.15) is 0 Å². The first kappa shape index (κ1) is 26.3. The predicted molar refractivity (Wildman–Crippen MR) is 150 cm³/mol. The largest absolute Gasteiger partial charge is 0.476 e. The molecule has 0 radical (unpaired) electrons. The van der Waals surface area contributed by atoms with E-state index in [0.29, 0.717) is 11.4 Å². The molecule has 3 aromatic rings. The molecular formula is C31H36N2O4S. The topological polar surface area (TPSA) is 75.7 Å². The van der Waals surface area contributed by atoms with Crippen LogP contribution in [0.25, 0.3) is 0 Å². The van der Waals surface area contributed by atoms with Gasteiger partial charge in [0.2, 0.25) is 0 Å². The van der Waals surface area contributed by atoms with Crippen LogP contribution in [0.3, 0.4) is 0 Å². The van der Waals surface area contributed by atoms with Gasteiger partial charge in [-0.1, -0.05) is 63.2 Å². The minimum absolute atomic E-state index is 0.111. The summed E-state index contributed by atoms with van der Waals surface area (Å²) in [6, 6.07) is 20.1. The van der Waals surface area contributed by atoms with E-state index in [2.05, 4.69) is 44.3 Å². The molecule has 1 aliphatic carbocycles. The summed E-state index contributed by atoms with van der Waals surface area (Å²) in [5.74, 6) is 0.0411. The van der Waals surface area contributed by atoms with E-state index in [4.69, 9.17) is 4.74 Å². The molecule has 1 N–H and O–H groups in total. The molecule has 5 rings (SSSR count). The van der Waals surface area contributed by atoms with Crippen molar-refractivity contribution in [3.8, 4) is 5.75 Å². The molecule has 38 heavy (non-hydrogen) atoms. The van der Waals surface area contributed by atoms with Crippen LogP contribution in [-0.2, 0) is 33.1 Å². The monoisotopic (exact) mass is 532 g/mol. The van der Waals surface area contributed by atoms with Gasteiger partial charge in [0.25, 0.3) is 15.9 Å². The molecule has 200 valence electrons. The molecule has 0 spiro atoms. The number of anilines is 1. The van der Waals surface area contributed by atoms with Crippen molar-refractivity contribution in [1.82, 2.24) is 5.32 Å². The fourth-order valence-electron chi connectivity index (χ4n) is 5.21. The lowest BCUT2D eigenvalue weighted by atomic mass is 9.86. The van der Waals surface area contributed by atoms with E-state index in [1.165, 1.54) is 28.3 Å². The van der Waals surface area contributed by atoms with Crippen molar-refractivity contribution in [2.75, 3.05) is 10.8 Å². The summed E-state index contributed by atoms with van der Waals surface area (Å²) in [7, 11) is -3.92. The summed E-state index contributed by atoms with van der Waals surface area (Å²) in [6.07, 6.45) is 3.60. The van der Waals surface area contributed by atoms with E-state index in [0.717, 1.165) is 24.0 Å². The van der Waals surface area contributed by atoms with Gasteiger partial charge in [-0.15, -0.1) is 0 Å². The van der Waals surface area contributed by atoms with Crippen molar-refractivity contribution in [3.05, 3.63) is 89.0 Å². The lowest BCUT2D eigenvalue weighted by Crippen LogP contribution is -2.51. The third-order valence-corrected chi connectivity index (χ3v) is 9.34. The van der Waals surface area contributed by atoms with Gasteiger partial charge in [0.15, 0.2) is 6.10 Å². The molecule has 7 heteroatoms.